The number of nitro groups is 1. The van der Waals surface area contributed by atoms with Gasteiger partial charge in [0.1, 0.15) is 5.69 Å². The van der Waals surface area contributed by atoms with Crippen LogP contribution in [0.1, 0.15) is 31.7 Å². The summed E-state index contributed by atoms with van der Waals surface area (Å²) in [4.78, 5) is 10.7. The maximum atomic E-state index is 11.1. The second kappa shape index (κ2) is 6.02. The zero-order chi connectivity index (χ0) is 13.8. The fourth-order valence-electron chi connectivity index (χ4n) is 2.43. The molecule has 19 heavy (non-hydrogen) atoms. The van der Waals surface area contributed by atoms with Crippen molar-refractivity contribution < 1.29 is 9.66 Å². The Morgan fingerprint density at radius 2 is 2.32 bits per heavy atom. The lowest BCUT2D eigenvalue weighted by molar-refractivity contribution is -0.384. The number of nitrogens with one attached hydrogen (secondary N) is 1. The first-order valence-electron chi connectivity index (χ1n) is 6.73. The van der Waals surface area contributed by atoms with Gasteiger partial charge in [-0.15, -0.1) is 0 Å². The van der Waals surface area contributed by atoms with Gasteiger partial charge in [0.15, 0.2) is 0 Å². The van der Waals surface area contributed by atoms with E-state index in [0.29, 0.717) is 5.69 Å². The zero-order valence-corrected chi connectivity index (χ0v) is 11.4. The molecule has 0 aliphatic carbocycles. The Bertz CT molecular complexity index is 462. The molecule has 104 valence electrons. The number of rotatable bonds is 4. The van der Waals surface area contributed by atoms with Crippen LogP contribution < -0.4 is 5.32 Å². The molecule has 1 aromatic carbocycles. The van der Waals surface area contributed by atoms with Gasteiger partial charge in [-0.05, 0) is 37.8 Å². The van der Waals surface area contributed by atoms with Gasteiger partial charge in [-0.3, -0.25) is 10.1 Å². The van der Waals surface area contributed by atoms with E-state index in [1.54, 1.807) is 12.1 Å². The molecule has 1 heterocycles. The lowest BCUT2D eigenvalue weighted by Gasteiger charge is -2.30. The molecule has 5 nitrogen and oxygen atoms in total. The molecule has 2 atom stereocenters. The molecule has 0 spiro atoms. The predicted octanol–water partition coefficient (Wildman–Crippen LogP) is 3.27. The SMILES string of the molecule is CCC1CC(Nc2ccc(C)cc2[N+](=O)[O-])CCO1. The molecular formula is C14H20N2O3. The first-order chi connectivity index (χ1) is 9.10. The van der Waals surface area contributed by atoms with Crippen LogP contribution in [0.15, 0.2) is 18.2 Å². The highest BCUT2D eigenvalue weighted by atomic mass is 16.6. The smallest absolute Gasteiger partial charge is 0.292 e. The Morgan fingerprint density at radius 3 is 3.00 bits per heavy atom. The molecule has 1 aliphatic rings. The summed E-state index contributed by atoms with van der Waals surface area (Å²) in [5.41, 5.74) is 1.66. The number of hydrogen-bond acceptors (Lipinski definition) is 4. The number of anilines is 1. The van der Waals surface area contributed by atoms with Crippen LogP contribution in [-0.4, -0.2) is 23.7 Å². The number of benzene rings is 1. The number of hydrogen-bond donors (Lipinski definition) is 1. The van der Waals surface area contributed by atoms with E-state index in [1.165, 1.54) is 0 Å². The minimum Gasteiger partial charge on any atom is -0.378 e. The van der Waals surface area contributed by atoms with Gasteiger partial charge in [0, 0.05) is 18.7 Å². The van der Waals surface area contributed by atoms with Gasteiger partial charge in [0.05, 0.1) is 11.0 Å². The fraction of sp³-hybridized carbons (Fsp3) is 0.571. The van der Waals surface area contributed by atoms with Gasteiger partial charge < -0.3 is 10.1 Å². The van der Waals surface area contributed by atoms with Gasteiger partial charge in [0.25, 0.3) is 5.69 Å². The van der Waals surface area contributed by atoms with Crippen LogP contribution in [0.4, 0.5) is 11.4 Å². The third kappa shape index (κ3) is 3.44. The number of ether oxygens (including phenoxy) is 1. The Hall–Kier alpha value is -1.62. The van der Waals surface area contributed by atoms with Crippen molar-refractivity contribution in [2.45, 2.75) is 45.3 Å². The summed E-state index contributed by atoms with van der Waals surface area (Å²) in [6.45, 7) is 4.68. The molecule has 0 saturated carbocycles. The van der Waals surface area contributed by atoms with Crippen LogP contribution in [0.5, 0.6) is 0 Å². The van der Waals surface area contributed by atoms with Crippen molar-refractivity contribution in [3.05, 3.63) is 33.9 Å². The summed E-state index contributed by atoms with van der Waals surface area (Å²) in [6, 6.07) is 5.55. The monoisotopic (exact) mass is 264 g/mol. The van der Waals surface area contributed by atoms with Crippen molar-refractivity contribution in [2.24, 2.45) is 0 Å². The summed E-state index contributed by atoms with van der Waals surface area (Å²) in [6.07, 6.45) is 3.03. The highest BCUT2D eigenvalue weighted by molar-refractivity contribution is 5.63. The Kier molecular flexibility index (Phi) is 4.37. The number of nitrogens with zero attached hydrogens (tertiary/aromatic N) is 1. The molecule has 0 amide bonds. The van der Waals surface area contributed by atoms with Crippen LogP contribution in [0.2, 0.25) is 0 Å². The van der Waals surface area contributed by atoms with Gasteiger partial charge in [0.2, 0.25) is 0 Å². The topological polar surface area (TPSA) is 64.4 Å². The quantitative estimate of drug-likeness (QED) is 0.669. The van der Waals surface area contributed by atoms with Crippen molar-refractivity contribution >= 4 is 11.4 Å². The summed E-state index contributed by atoms with van der Waals surface area (Å²) < 4.78 is 5.62. The van der Waals surface area contributed by atoms with Crippen LogP contribution in [0.25, 0.3) is 0 Å². The van der Waals surface area contributed by atoms with E-state index in [1.807, 2.05) is 13.0 Å². The van der Waals surface area contributed by atoms with Crippen LogP contribution in [-0.2, 0) is 4.74 Å². The normalized spacial score (nSPS) is 23.1. The Balaban J connectivity index is 2.12. The molecule has 0 radical (unpaired) electrons. The number of aryl methyl sites for hydroxylation is 1. The van der Waals surface area contributed by atoms with Crippen molar-refractivity contribution in [1.82, 2.24) is 0 Å². The van der Waals surface area contributed by atoms with Crippen LogP contribution in [0.3, 0.4) is 0 Å². The van der Waals surface area contributed by atoms with E-state index in [2.05, 4.69) is 12.2 Å². The molecule has 1 N–H and O–H groups in total. The molecule has 1 aromatic rings. The highest BCUT2D eigenvalue weighted by Gasteiger charge is 2.23. The molecule has 5 heteroatoms. The fourth-order valence-corrected chi connectivity index (χ4v) is 2.43. The lowest BCUT2D eigenvalue weighted by atomic mass is 10.0. The minimum absolute atomic E-state index is 0.152. The van der Waals surface area contributed by atoms with Gasteiger partial charge in [-0.1, -0.05) is 13.0 Å². The van der Waals surface area contributed by atoms with E-state index < -0.39 is 0 Å². The second-order valence-electron chi connectivity index (χ2n) is 5.04. The average Bonchev–Trinajstić information content (AvgIpc) is 2.41. The van der Waals surface area contributed by atoms with Gasteiger partial charge >= 0.3 is 0 Å². The van der Waals surface area contributed by atoms with Gasteiger partial charge in [-0.2, -0.15) is 0 Å². The van der Waals surface area contributed by atoms with E-state index >= 15 is 0 Å². The molecular weight excluding hydrogens is 244 g/mol. The standard InChI is InChI=1S/C14H20N2O3/c1-3-12-9-11(6-7-19-12)15-13-5-4-10(2)8-14(13)16(17)18/h4-5,8,11-12,15H,3,6-7,9H2,1-2H3. The maximum Gasteiger partial charge on any atom is 0.292 e. The third-order valence-corrected chi connectivity index (χ3v) is 3.53. The number of nitro benzene ring substituents is 1. The summed E-state index contributed by atoms with van der Waals surface area (Å²) in [5, 5.41) is 14.4. The van der Waals surface area contributed by atoms with Crippen molar-refractivity contribution in [2.75, 3.05) is 11.9 Å². The molecule has 1 fully saturated rings. The highest BCUT2D eigenvalue weighted by Crippen LogP contribution is 2.28. The lowest BCUT2D eigenvalue weighted by Crippen LogP contribution is -2.33. The first kappa shape index (κ1) is 13.8. The molecule has 2 unspecified atom stereocenters. The van der Waals surface area contributed by atoms with E-state index in [4.69, 9.17) is 4.74 Å². The molecule has 0 bridgehead atoms. The van der Waals surface area contributed by atoms with Crippen molar-refractivity contribution in [3.8, 4) is 0 Å². The van der Waals surface area contributed by atoms with Crippen molar-refractivity contribution in [3.63, 3.8) is 0 Å². The minimum atomic E-state index is -0.327. The molecule has 1 aliphatic heterocycles. The largest absolute Gasteiger partial charge is 0.378 e. The first-order valence-corrected chi connectivity index (χ1v) is 6.73. The molecule has 2 rings (SSSR count). The third-order valence-electron chi connectivity index (χ3n) is 3.53. The average molecular weight is 264 g/mol. The molecule has 0 aromatic heterocycles. The Morgan fingerprint density at radius 1 is 1.53 bits per heavy atom. The van der Waals surface area contributed by atoms with E-state index in [-0.39, 0.29) is 22.8 Å². The Labute approximate surface area is 113 Å². The summed E-state index contributed by atoms with van der Waals surface area (Å²) in [5.74, 6) is 0. The molecule has 1 saturated heterocycles. The van der Waals surface area contributed by atoms with Crippen LogP contribution >= 0.6 is 0 Å². The summed E-state index contributed by atoms with van der Waals surface area (Å²) >= 11 is 0. The summed E-state index contributed by atoms with van der Waals surface area (Å²) in [7, 11) is 0. The predicted molar refractivity (Wildman–Crippen MR) is 74.5 cm³/mol. The van der Waals surface area contributed by atoms with Crippen molar-refractivity contribution in [1.29, 1.82) is 0 Å². The maximum absolute atomic E-state index is 11.1. The van der Waals surface area contributed by atoms with Crippen LogP contribution in [0, 0.1) is 17.0 Å². The van der Waals surface area contributed by atoms with E-state index in [0.717, 1.165) is 31.4 Å². The van der Waals surface area contributed by atoms with Gasteiger partial charge in [-0.25, -0.2) is 0 Å². The second-order valence-corrected chi connectivity index (χ2v) is 5.04. The zero-order valence-electron chi connectivity index (χ0n) is 11.4. The van der Waals surface area contributed by atoms with E-state index in [9.17, 15) is 10.1 Å².